The predicted octanol–water partition coefficient (Wildman–Crippen LogP) is 2.97. The summed E-state index contributed by atoms with van der Waals surface area (Å²) < 4.78 is 13.7. The number of nitrogens with zero attached hydrogens (tertiary/aromatic N) is 4. The van der Waals surface area contributed by atoms with Crippen molar-refractivity contribution in [2.45, 2.75) is 24.5 Å². The summed E-state index contributed by atoms with van der Waals surface area (Å²) in [5, 5.41) is 0. The summed E-state index contributed by atoms with van der Waals surface area (Å²) in [4.78, 5) is 13.2. The zero-order chi connectivity index (χ0) is 16.6. The second kappa shape index (κ2) is 5.85. The fourth-order valence-corrected chi connectivity index (χ4v) is 3.97. The molecule has 0 radical (unpaired) electrons. The highest BCUT2D eigenvalue weighted by Crippen LogP contribution is 2.49. The monoisotopic (exact) mass is 328 g/mol. The molecule has 2 aromatic rings. The molecule has 120 valence electrons. The molecule has 1 aliphatic rings. The van der Waals surface area contributed by atoms with E-state index in [-0.39, 0.29) is 4.75 Å². The maximum Gasteiger partial charge on any atom is 0.159 e. The average molecular weight is 328 g/mol. The summed E-state index contributed by atoms with van der Waals surface area (Å²) in [5.74, 6) is 1.42. The summed E-state index contributed by atoms with van der Waals surface area (Å²) in [7, 11) is 1.00. The molecule has 0 spiro atoms. The van der Waals surface area contributed by atoms with Crippen LogP contribution in [0.1, 0.15) is 36.8 Å². The highest BCUT2D eigenvalue weighted by Gasteiger charge is 2.49. The fraction of sp³-hybridized carbons (Fsp3) is 0.353. The third-order valence-corrected chi connectivity index (χ3v) is 6.10. The van der Waals surface area contributed by atoms with E-state index >= 15 is 0 Å². The van der Waals surface area contributed by atoms with Gasteiger partial charge in [-0.05, 0) is 38.6 Å². The number of hydrogen-bond donors (Lipinski definition) is 0. The normalized spacial score (nSPS) is 17.8. The first-order valence-corrected chi connectivity index (χ1v) is 9.05. The molecule has 2 aromatic heterocycles. The van der Waals surface area contributed by atoms with Crippen molar-refractivity contribution in [3.8, 4) is 0 Å². The second-order valence-electron chi connectivity index (χ2n) is 5.74. The van der Waals surface area contributed by atoms with Gasteiger partial charge in [-0.15, -0.1) is 0 Å². The standard InChI is InChI=1S/C17H20N4OS/c1-5-12(13-7-11-21(3)16(13)18-2)15-19-10-6-14(20-15)17(8-9-17)23(4)22/h5-7,10-11H,2,8-9H2,1,3-4H3/b12-5+. The summed E-state index contributed by atoms with van der Waals surface area (Å²) in [5.41, 5.74) is 2.73. The number of aryl methyl sites for hydroxylation is 1. The molecule has 3 rings (SSSR count). The Morgan fingerprint density at radius 1 is 1.48 bits per heavy atom. The molecular weight excluding hydrogens is 308 g/mol. The molecule has 0 aromatic carbocycles. The molecule has 0 amide bonds. The number of aromatic nitrogens is 3. The van der Waals surface area contributed by atoms with Gasteiger partial charge in [0.05, 0.1) is 10.4 Å². The maximum atomic E-state index is 12.1. The van der Waals surface area contributed by atoms with E-state index in [4.69, 9.17) is 4.98 Å². The van der Waals surface area contributed by atoms with Gasteiger partial charge in [0.1, 0.15) is 5.82 Å². The van der Waals surface area contributed by atoms with Gasteiger partial charge in [-0.25, -0.2) is 15.0 Å². The van der Waals surface area contributed by atoms with Gasteiger partial charge in [-0.1, -0.05) is 6.08 Å². The van der Waals surface area contributed by atoms with Crippen molar-refractivity contribution in [1.29, 1.82) is 0 Å². The predicted molar refractivity (Wildman–Crippen MR) is 94.4 cm³/mol. The lowest BCUT2D eigenvalue weighted by molar-refractivity contribution is 0.673. The highest BCUT2D eigenvalue weighted by atomic mass is 32.2. The van der Waals surface area contributed by atoms with Gasteiger partial charge in [-0.2, -0.15) is 0 Å². The zero-order valence-corrected chi connectivity index (χ0v) is 14.4. The molecular formula is C17H20N4OS. The van der Waals surface area contributed by atoms with Crippen LogP contribution in [0.5, 0.6) is 0 Å². The minimum absolute atomic E-state index is 0.285. The lowest BCUT2D eigenvalue weighted by Crippen LogP contribution is -2.16. The zero-order valence-electron chi connectivity index (χ0n) is 13.6. The summed E-state index contributed by atoms with van der Waals surface area (Å²) in [6.07, 6.45) is 9.26. The minimum atomic E-state index is -0.928. The van der Waals surface area contributed by atoms with E-state index in [1.165, 1.54) is 0 Å². The van der Waals surface area contributed by atoms with Crippen molar-refractivity contribution >= 4 is 28.9 Å². The topological polar surface area (TPSA) is 60.1 Å². The third kappa shape index (κ3) is 2.57. The van der Waals surface area contributed by atoms with Crippen LogP contribution in [0.2, 0.25) is 0 Å². The van der Waals surface area contributed by atoms with Crippen LogP contribution in [0.15, 0.2) is 35.6 Å². The molecule has 1 aliphatic carbocycles. The Balaban J connectivity index is 2.07. The van der Waals surface area contributed by atoms with Crippen molar-refractivity contribution in [2.75, 3.05) is 6.26 Å². The largest absolute Gasteiger partial charge is 0.336 e. The van der Waals surface area contributed by atoms with Crippen LogP contribution in [-0.2, 0) is 22.6 Å². The molecule has 5 nitrogen and oxygen atoms in total. The smallest absolute Gasteiger partial charge is 0.159 e. The van der Waals surface area contributed by atoms with Crippen LogP contribution in [0.3, 0.4) is 0 Å². The quantitative estimate of drug-likeness (QED) is 0.793. The van der Waals surface area contributed by atoms with Crippen molar-refractivity contribution in [3.05, 3.63) is 47.7 Å². The lowest BCUT2D eigenvalue weighted by Gasteiger charge is -2.13. The molecule has 0 aliphatic heterocycles. The van der Waals surface area contributed by atoms with Crippen molar-refractivity contribution in [2.24, 2.45) is 12.0 Å². The first-order chi connectivity index (χ1) is 11.0. The van der Waals surface area contributed by atoms with Crippen molar-refractivity contribution < 1.29 is 4.21 Å². The van der Waals surface area contributed by atoms with Crippen molar-refractivity contribution in [1.82, 2.24) is 14.5 Å². The second-order valence-corrected chi connectivity index (χ2v) is 7.43. The van der Waals surface area contributed by atoms with Gasteiger partial charge >= 0.3 is 0 Å². The van der Waals surface area contributed by atoms with E-state index in [9.17, 15) is 4.21 Å². The maximum absolute atomic E-state index is 12.1. The molecule has 1 saturated carbocycles. The highest BCUT2D eigenvalue weighted by molar-refractivity contribution is 7.85. The summed E-state index contributed by atoms with van der Waals surface area (Å²) >= 11 is 0. The van der Waals surface area contributed by atoms with Gasteiger partial charge in [0.2, 0.25) is 0 Å². The fourth-order valence-electron chi connectivity index (χ4n) is 2.88. The van der Waals surface area contributed by atoms with Gasteiger partial charge < -0.3 is 4.57 Å². The molecule has 1 fully saturated rings. The van der Waals surface area contributed by atoms with E-state index < -0.39 is 10.8 Å². The first-order valence-electron chi connectivity index (χ1n) is 7.49. The SMILES string of the molecule is C=Nc1c(/C(=C\C)c2nccc(C3(S(C)=O)CC3)n2)ccn1C. The Bertz CT molecular complexity index is 818. The van der Waals surface area contributed by atoms with E-state index in [1.54, 1.807) is 12.5 Å². The molecule has 1 atom stereocenters. The number of allylic oxidation sites excluding steroid dienone is 1. The van der Waals surface area contributed by atoms with Gasteiger partial charge in [0, 0.05) is 47.6 Å². The number of hydrogen-bond acceptors (Lipinski definition) is 4. The van der Waals surface area contributed by atoms with E-state index in [0.717, 1.165) is 35.5 Å². The third-order valence-electron chi connectivity index (χ3n) is 4.39. The van der Waals surface area contributed by atoms with Crippen LogP contribution < -0.4 is 0 Å². The molecule has 1 unspecified atom stereocenters. The molecule has 2 heterocycles. The molecule has 0 N–H and O–H groups in total. The van der Waals surface area contributed by atoms with Crippen LogP contribution in [0.4, 0.5) is 5.82 Å². The Kier molecular flexibility index (Phi) is 4.02. The number of rotatable bonds is 5. The summed E-state index contributed by atoms with van der Waals surface area (Å²) in [6, 6.07) is 3.86. The minimum Gasteiger partial charge on any atom is -0.336 e. The Hall–Kier alpha value is -2.08. The van der Waals surface area contributed by atoms with Gasteiger partial charge in [0.15, 0.2) is 5.82 Å². The molecule has 0 saturated heterocycles. The van der Waals surface area contributed by atoms with Crippen LogP contribution in [0, 0.1) is 0 Å². The van der Waals surface area contributed by atoms with Crippen molar-refractivity contribution in [3.63, 3.8) is 0 Å². The molecule has 23 heavy (non-hydrogen) atoms. The Labute approximate surface area is 138 Å². The van der Waals surface area contributed by atoms with Crippen LogP contribution in [-0.4, -0.2) is 31.7 Å². The Morgan fingerprint density at radius 3 is 2.78 bits per heavy atom. The lowest BCUT2D eigenvalue weighted by atomic mass is 10.1. The van der Waals surface area contributed by atoms with E-state index in [1.807, 2.05) is 42.9 Å². The average Bonchev–Trinajstić information content (AvgIpc) is 3.29. The van der Waals surface area contributed by atoms with E-state index in [0.29, 0.717) is 5.82 Å². The Morgan fingerprint density at radius 2 is 2.22 bits per heavy atom. The van der Waals surface area contributed by atoms with Gasteiger partial charge in [0.25, 0.3) is 0 Å². The molecule has 6 heteroatoms. The molecule has 0 bridgehead atoms. The first kappa shape index (κ1) is 15.8. The van der Waals surface area contributed by atoms with Crippen LogP contribution in [0.25, 0.3) is 5.57 Å². The van der Waals surface area contributed by atoms with Crippen LogP contribution >= 0.6 is 0 Å². The van der Waals surface area contributed by atoms with Gasteiger partial charge in [-0.3, -0.25) is 4.21 Å². The summed E-state index contributed by atoms with van der Waals surface area (Å²) in [6.45, 7) is 5.60. The van der Waals surface area contributed by atoms with E-state index in [2.05, 4.69) is 16.7 Å². The number of aliphatic imine (C=N–C) groups is 1.